The van der Waals surface area contributed by atoms with Crippen molar-refractivity contribution >= 4 is 11.8 Å². The molecular weight excluding hydrogens is 390 g/mol. The molecule has 2 heterocycles. The van der Waals surface area contributed by atoms with Crippen molar-refractivity contribution in [3.05, 3.63) is 53.7 Å². The Morgan fingerprint density at radius 2 is 2.00 bits per heavy atom. The number of anilines is 1. The fourth-order valence-corrected chi connectivity index (χ4v) is 3.57. The normalized spacial score (nSPS) is 15.3. The summed E-state index contributed by atoms with van der Waals surface area (Å²) in [5, 5.41) is 17.1. The van der Waals surface area contributed by atoms with Gasteiger partial charge in [0.2, 0.25) is 0 Å². The first-order valence-electron chi connectivity index (χ1n) is 11.2. The number of nitrogens with zero attached hydrogens (tertiary/aromatic N) is 3. The maximum atomic E-state index is 10.6. The summed E-state index contributed by atoms with van der Waals surface area (Å²) in [4.78, 5) is 11.5. The van der Waals surface area contributed by atoms with Crippen LogP contribution in [0.25, 0.3) is 0 Å². The van der Waals surface area contributed by atoms with Crippen LogP contribution in [0.1, 0.15) is 50.8 Å². The average Bonchev–Trinajstić information content (AvgIpc) is 3.30. The minimum absolute atomic E-state index is 0.0946. The van der Waals surface area contributed by atoms with Crippen molar-refractivity contribution in [2.75, 3.05) is 31.1 Å². The molecule has 3 N–H and O–H groups in total. The van der Waals surface area contributed by atoms with Crippen LogP contribution in [0.3, 0.4) is 0 Å². The monoisotopic (exact) mass is 425 g/mol. The standard InChI is InChI=1S/C24H35N5O2/c1-4-25-24(27-16-19-10-11-26-23(14-19)29-12-5-6-13-29)28-17-22(30)20-8-7-9-21(15-20)31-18(2)3/h7-11,14-15,18,22,30H,4-6,12-13,16-17H2,1-3H3,(H2,25,27,28). The number of aliphatic hydroxyl groups excluding tert-OH is 1. The third kappa shape index (κ3) is 7.14. The van der Waals surface area contributed by atoms with Crippen molar-refractivity contribution in [3.63, 3.8) is 0 Å². The minimum Gasteiger partial charge on any atom is -0.491 e. The van der Waals surface area contributed by atoms with Gasteiger partial charge in [-0.05, 0) is 69.0 Å². The zero-order valence-electron chi connectivity index (χ0n) is 18.8. The van der Waals surface area contributed by atoms with E-state index in [0.29, 0.717) is 19.0 Å². The quantitative estimate of drug-likeness (QED) is 0.423. The Morgan fingerprint density at radius 1 is 1.19 bits per heavy atom. The summed E-state index contributed by atoms with van der Waals surface area (Å²) in [6.45, 7) is 9.80. The summed E-state index contributed by atoms with van der Waals surface area (Å²) in [6, 6.07) is 11.7. The molecule has 1 aromatic heterocycles. The molecule has 168 valence electrons. The number of hydrogen-bond donors (Lipinski definition) is 3. The first-order chi connectivity index (χ1) is 15.0. The number of benzene rings is 1. The van der Waals surface area contributed by atoms with Crippen molar-refractivity contribution in [2.24, 2.45) is 4.99 Å². The van der Waals surface area contributed by atoms with Crippen LogP contribution in [0.5, 0.6) is 5.75 Å². The topological polar surface area (TPSA) is 82.0 Å². The Balaban J connectivity index is 1.59. The Hall–Kier alpha value is -2.80. The summed E-state index contributed by atoms with van der Waals surface area (Å²) in [6.07, 6.45) is 3.75. The number of nitrogens with one attached hydrogen (secondary N) is 2. The third-order valence-corrected chi connectivity index (χ3v) is 5.08. The average molecular weight is 426 g/mol. The molecule has 0 spiro atoms. The zero-order valence-corrected chi connectivity index (χ0v) is 18.8. The molecule has 0 aliphatic carbocycles. The predicted molar refractivity (Wildman–Crippen MR) is 126 cm³/mol. The third-order valence-electron chi connectivity index (χ3n) is 5.08. The summed E-state index contributed by atoms with van der Waals surface area (Å²) in [5.74, 6) is 2.47. The fraction of sp³-hybridized carbons (Fsp3) is 0.500. The van der Waals surface area contributed by atoms with Crippen molar-refractivity contribution in [3.8, 4) is 5.75 Å². The molecule has 1 saturated heterocycles. The lowest BCUT2D eigenvalue weighted by atomic mass is 10.1. The summed E-state index contributed by atoms with van der Waals surface area (Å²) < 4.78 is 5.73. The molecule has 1 aromatic carbocycles. The van der Waals surface area contributed by atoms with E-state index in [0.717, 1.165) is 42.3 Å². The van der Waals surface area contributed by atoms with Crippen LogP contribution in [0.2, 0.25) is 0 Å². The van der Waals surface area contributed by atoms with Gasteiger partial charge in [0, 0.05) is 32.4 Å². The molecule has 1 aliphatic rings. The lowest BCUT2D eigenvalue weighted by Crippen LogP contribution is -2.39. The number of pyridine rings is 1. The van der Waals surface area contributed by atoms with Crippen molar-refractivity contribution in [1.82, 2.24) is 15.6 Å². The largest absolute Gasteiger partial charge is 0.491 e. The molecule has 0 amide bonds. The SMILES string of the molecule is CCNC(=NCc1ccnc(N2CCCC2)c1)NCC(O)c1cccc(OC(C)C)c1. The molecule has 7 heteroatoms. The second-order valence-electron chi connectivity index (χ2n) is 8.05. The second-order valence-corrected chi connectivity index (χ2v) is 8.05. The van der Waals surface area contributed by atoms with Gasteiger partial charge in [-0.25, -0.2) is 9.98 Å². The van der Waals surface area contributed by atoms with E-state index in [1.165, 1.54) is 12.8 Å². The number of ether oxygens (including phenoxy) is 1. The van der Waals surface area contributed by atoms with Crippen molar-refractivity contribution in [2.45, 2.75) is 52.4 Å². The lowest BCUT2D eigenvalue weighted by molar-refractivity contribution is 0.179. The highest BCUT2D eigenvalue weighted by atomic mass is 16.5. The molecule has 7 nitrogen and oxygen atoms in total. The molecule has 1 fully saturated rings. The van der Waals surface area contributed by atoms with Crippen molar-refractivity contribution in [1.29, 1.82) is 0 Å². The molecule has 1 atom stereocenters. The fourth-order valence-electron chi connectivity index (χ4n) is 3.57. The number of aromatic nitrogens is 1. The van der Waals surface area contributed by atoms with Gasteiger partial charge in [0.1, 0.15) is 11.6 Å². The van der Waals surface area contributed by atoms with Crippen LogP contribution in [-0.2, 0) is 6.54 Å². The van der Waals surface area contributed by atoms with Gasteiger partial charge in [-0.15, -0.1) is 0 Å². The molecule has 1 aliphatic heterocycles. The Bertz CT molecular complexity index is 849. The van der Waals surface area contributed by atoms with Crippen LogP contribution in [0.15, 0.2) is 47.6 Å². The van der Waals surface area contributed by atoms with E-state index in [1.54, 1.807) is 0 Å². The van der Waals surface area contributed by atoms with Gasteiger partial charge in [-0.2, -0.15) is 0 Å². The molecule has 2 aromatic rings. The van der Waals surface area contributed by atoms with Crippen LogP contribution in [-0.4, -0.2) is 48.3 Å². The number of aliphatic imine (C=N–C) groups is 1. The van der Waals surface area contributed by atoms with Gasteiger partial charge in [0.05, 0.1) is 18.8 Å². The van der Waals surface area contributed by atoms with Gasteiger partial charge in [-0.1, -0.05) is 12.1 Å². The lowest BCUT2D eigenvalue weighted by Gasteiger charge is -2.18. The molecular formula is C24H35N5O2. The van der Waals surface area contributed by atoms with Gasteiger partial charge in [0.15, 0.2) is 5.96 Å². The first kappa shape index (κ1) is 22.9. The molecule has 0 saturated carbocycles. The van der Waals surface area contributed by atoms with E-state index >= 15 is 0 Å². The molecule has 1 unspecified atom stereocenters. The Kier molecular flexibility index (Phi) is 8.53. The predicted octanol–water partition coefficient (Wildman–Crippen LogP) is 3.26. The van der Waals surface area contributed by atoms with Gasteiger partial charge >= 0.3 is 0 Å². The van der Waals surface area contributed by atoms with E-state index < -0.39 is 6.10 Å². The van der Waals surface area contributed by atoms with E-state index in [9.17, 15) is 5.11 Å². The summed E-state index contributed by atoms with van der Waals surface area (Å²) in [5.41, 5.74) is 1.93. The van der Waals surface area contributed by atoms with E-state index in [4.69, 9.17) is 4.74 Å². The smallest absolute Gasteiger partial charge is 0.191 e. The number of hydrogen-bond acceptors (Lipinski definition) is 5. The first-order valence-corrected chi connectivity index (χ1v) is 11.2. The zero-order chi connectivity index (χ0) is 22.1. The van der Waals surface area contributed by atoms with Gasteiger partial charge in [-0.3, -0.25) is 0 Å². The van der Waals surface area contributed by atoms with Crippen LogP contribution >= 0.6 is 0 Å². The minimum atomic E-state index is -0.665. The highest BCUT2D eigenvalue weighted by molar-refractivity contribution is 5.79. The Labute approximate surface area is 185 Å². The van der Waals surface area contributed by atoms with Crippen LogP contribution in [0.4, 0.5) is 5.82 Å². The van der Waals surface area contributed by atoms with E-state index in [2.05, 4.69) is 31.6 Å². The van der Waals surface area contributed by atoms with E-state index in [1.807, 2.05) is 57.3 Å². The van der Waals surface area contributed by atoms with Crippen molar-refractivity contribution < 1.29 is 9.84 Å². The number of rotatable bonds is 9. The maximum absolute atomic E-state index is 10.6. The van der Waals surface area contributed by atoms with Gasteiger partial charge < -0.3 is 25.4 Å². The molecule has 31 heavy (non-hydrogen) atoms. The highest BCUT2D eigenvalue weighted by Gasteiger charge is 2.14. The highest BCUT2D eigenvalue weighted by Crippen LogP contribution is 2.20. The van der Waals surface area contributed by atoms with E-state index in [-0.39, 0.29) is 6.10 Å². The van der Waals surface area contributed by atoms with Crippen LogP contribution < -0.4 is 20.3 Å². The molecule has 0 bridgehead atoms. The molecule has 3 rings (SSSR count). The molecule has 0 radical (unpaired) electrons. The Morgan fingerprint density at radius 3 is 2.74 bits per heavy atom. The number of aliphatic hydroxyl groups is 1. The summed E-state index contributed by atoms with van der Waals surface area (Å²) in [7, 11) is 0. The number of guanidine groups is 1. The maximum Gasteiger partial charge on any atom is 0.191 e. The second kappa shape index (κ2) is 11.6. The van der Waals surface area contributed by atoms with Gasteiger partial charge in [0.25, 0.3) is 0 Å². The van der Waals surface area contributed by atoms with Crippen LogP contribution in [0, 0.1) is 0 Å². The summed E-state index contributed by atoms with van der Waals surface area (Å²) >= 11 is 0.